The van der Waals surface area contributed by atoms with E-state index in [1.807, 2.05) is 30.3 Å². The molecule has 6 heteroatoms. The van der Waals surface area contributed by atoms with E-state index in [1.165, 1.54) is 32.1 Å². The zero-order valence-electron chi connectivity index (χ0n) is 12.0. The lowest BCUT2D eigenvalue weighted by molar-refractivity contribution is -0.137. The summed E-state index contributed by atoms with van der Waals surface area (Å²) in [7, 11) is 2.67. The van der Waals surface area contributed by atoms with Gasteiger partial charge in [0.05, 0.1) is 32.7 Å². The molecule has 0 aliphatic rings. The average Bonchev–Trinajstić information content (AvgIpc) is 2.53. The lowest BCUT2D eigenvalue weighted by Crippen LogP contribution is -2.06. The van der Waals surface area contributed by atoms with Gasteiger partial charge in [-0.15, -0.1) is 11.8 Å². The maximum atomic E-state index is 11.4. The minimum absolute atomic E-state index is 0.270. The van der Waals surface area contributed by atoms with Crippen molar-refractivity contribution >= 4 is 29.5 Å². The van der Waals surface area contributed by atoms with Crippen LogP contribution in [0.3, 0.4) is 0 Å². The zero-order valence-corrected chi connectivity index (χ0v) is 12.9. The minimum Gasteiger partial charge on any atom is -0.492 e. The Hall–Kier alpha value is -1.95. The third-order valence-electron chi connectivity index (χ3n) is 2.44. The largest absolute Gasteiger partial charge is 0.492 e. The molecule has 0 fully saturated rings. The number of ether oxygens (including phenoxy) is 3. The molecule has 0 atom stereocenters. The summed E-state index contributed by atoms with van der Waals surface area (Å²) in [5, 5.41) is 0. The third kappa shape index (κ3) is 6.85. The van der Waals surface area contributed by atoms with Gasteiger partial charge in [-0.1, -0.05) is 30.3 Å². The Morgan fingerprint density at radius 1 is 1.14 bits per heavy atom. The van der Waals surface area contributed by atoms with Crippen molar-refractivity contribution in [1.82, 2.24) is 0 Å². The Morgan fingerprint density at radius 3 is 2.48 bits per heavy atom. The molecule has 0 unspecified atom stereocenters. The van der Waals surface area contributed by atoms with Crippen molar-refractivity contribution in [3.8, 4) is 0 Å². The number of thioether (sulfide) groups is 1. The van der Waals surface area contributed by atoms with Crippen LogP contribution in [-0.4, -0.2) is 44.3 Å². The Balaban J connectivity index is 2.53. The number of hydrogen-bond acceptors (Lipinski definition) is 6. The predicted molar refractivity (Wildman–Crippen MR) is 81.7 cm³/mol. The van der Waals surface area contributed by atoms with E-state index in [9.17, 15) is 9.59 Å². The molecule has 0 amide bonds. The standard InChI is InChI=1S/C15H18O5S/c1-18-14(16)10-13(12-6-4-3-5-7-12)20-8-9-21-11-15(17)19-2/h3-7,10H,8-9,11H2,1-2H3/b13-10-. The van der Waals surface area contributed by atoms with E-state index < -0.39 is 5.97 Å². The fourth-order valence-corrected chi connectivity index (χ4v) is 2.03. The third-order valence-corrected chi connectivity index (χ3v) is 3.34. The van der Waals surface area contributed by atoms with E-state index in [2.05, 4.69) is 9.47 Å². The van der Waals surface area contributed by atoms with Crippen LogP contribution in [0.25, 0.3) is 5.76 Å². The number of esters is 2. The van der Waals surface area contributed by atoms with E-state index in [1.54, 1.807) is 0 Å². The maximum Gasteiger partial charge on any atom is 0.334 e. The number of carbonyl (C=O) groups excluding carboxylic acids is 2. The van der Waals surface area contributed by atoms with Crippen LogP contribution in [-0.2, 0) is 23.8 Å². The molecule has 0 aromatic heterocycles. The monoisotopic (exact) mass is 310 g/mol. The Bertz CT molecular complexity index is 484. The van der Waals surface area contributed by atoms with Crippen molar-refractivity contribution in [2.24, 2.45) is 0 Å². The van der Waals surface area contributed by atoms with Gasteiger partial charge in [0.15, 0.2) is 0 Å². The van der Waals surface area contributed by atoms with E-state index in [4.69, 9.17) is 4.74 Å². The van der Waals surface area contributed by atoms with Crippen molar-refractivity contribution in [2.45, 2.75) is 0 Å². The lowest BCUT2D eigenvalue weighted by atomic mass is 10.2. The minimum atomic E-state index is -0.476. The summed E-state index contributed by atoms with van der Waals surface area (Å²) >= 11 is 1.40. The van der Waals surface area contributed by atoms with Crippen LogP contribution in [0, 0.1) is 0 Å². The van der Waals surface area contributed by atoms with Gasteiger partial charge in [-0.2, -0.15) is 0 Å². The summed E-state index contributed by atoms with van der Waals surface area (Å²) in [6.07, 6.45) is 1.31. The summed E-state index contributed by atoms with van der Waals surface area (Å²) in [6.45, 7) is 0.374. The molecule has 0 aliphatic heterocycles. The van der Waals surface area contributed by atoms with E-state index in [-0.39, 0.29) is 11.7 Å². The van der Waals surface area contributed by atoms with Gasteiger partial charge in [0.25, 0.3) is 0 Å². The van der Waals surface area contributed by atoms with Crippen LogP contribution in [0.4, 0.5) is 0 Å². The van der Waals surface area contributed by atoms with E-state index >= 15 is 0 Å². The van der Waals surface area contributed by atoms with Gasteiger partial charge < -0.3 is 14.2 Å². The topological polar surface area (TPSA) is 61.8 Å². The molecule has 21 heavy (non-hydrogen) atoms. The molecule has 1 aromatic rings. The zero-order chi connectivity index (χ0) is 15.5. The van der Waals surface area contributed by atoms with Gasteiger partial charge in [0, 0.05) is 11.3 Å². The molecule has 0 saturated carbocycles. The SMILES string of the molecule is COC(=O)/C=C(\OCCSCC(=O)OC)c1ccccc1. The number of hydrogen-bond donors (Lipinski definition) is 0. The van der Waals surface area contributed by atoms with Crippen LogP contribution < -0.4 is 0 Å². The number of rotatable bonds is 8. The van der Waals surface area contributed by atoms with E-state index in [0.717, 1.165) is 5.56 Å². The molecule has 0 bridgehead atoms. The van der Waals surface area contributed by atoms with Gasteiger partial charge in [-0.05, 0) is 0 Å². The van der Waals surface area contributed by atoms with Gasteiger partial charge in [0.1, 0.15) is 5.76 Å². The molecule has 0 aliphatic carbocycles. The van der Waals surface area contributed by atoms with Crippen LogP contribution in [0.5, 0.6) is 0 Å². The highest BCUT2D eigenvalue weighted by atomic mass is 32.2. The quantitative estimate of drug-likeness (QED) is 0.317. The molecular weight excluding hydrogens is 292 g/mol. The highest BCUT2D eigenvalue weighted by Crippen LogP contribution is 2.16. The van der Waals surface area contributed by atoms with Gasteiger partial charge >= 0.3 is 11.9 Å². The Morgan fingerprint density at radius 2 is 1.86 bits per heavy atom. The Labute approximate surface area is 128 Å². The normalized spacial score (nSPS) is 10.9. The molecule has 0 spiro atoms. The van der Waals surface area contributed by atoms with Crippen molar-refractivity contribution in [3.05, 3.63) is 42.0 Å². The first-order chi connectivity index (χ1) is 10.2. The summed E-state index contributed by atoms with van der Waals surface area (Å²) in [4.78, 5) is 22.3. The molecule has 1 aromatic carbocycles. The predicted octanol–water partition coefficient (Wildman–Crippen LogP) is 2.12. The summed E-state index contributed by atoms with van der Waals surface area (Å²) in [5.41, 5.74) is 0.792. The maximum absolute atomic E-state index is 11.4. The van der Waals surface area contributed by atoms with Crippen LogP contribution in [0.2, 0.25) is 0 Å². The second kappa shape index (κ2) is 9.88. The van der Waals surface area contributed by atoms with Gasteiger partial charge in [-0.3, -0.25) is 4.79 Å². The number of carbonyl (C=O) groups is 2. The summed E-state index contributed by atoms with van der Waals surface area (Å²) < 4.78 is 14.8. The van der Waals surface area contributed by atoms with Crippen LogP contribution >= 0.6 is 11.8 Å². The van der Waals surface area contributed by atoms with Gasteiger partial charge in [-0.25, -0.2) is 4.79 Å². The lowest BCUT2D eigenvalue weighted by Gasteiger charge is -2.10. The van der Waals surface area contributed by atoms with Crippen LogP contribution in [0.1, 0.15) is 5.56 Å². The smallest absolute Gasteiger partial charge is 0.334 e. The summed E-state index contributed by atoms with van der Waals surface area (Å²) in [6, 6.07) is 9.28. The summed E-state index contributed by atoms with van der Waals surface area (Å²) in [5.74, 6) is 0.590. The van der Waals surface area contributed by atoms with Crippen LogP contribution in [0.15, 0.2) is 36.4 Å². The van der Waals surface area contributed by atoms with Crippen molar-refractivity contribution in [1.29, 1.82) is 0 Å². The first-order valence-corrected chi connectivity index (χ1v) is 7.45. The van der Waals surface area contributed by atoms with Gasteiger partial charge in [0.2, 0.25) is 0 Å². The molecule has 0 heterocycles. The fourth-order valence-electron chi connectivity index (χ4n) is 1.40. The highest BCUT2D eigenvalue weighted by Gasteiger charge is 2.07. The molecule has 0 radical (unpaired) electrons. The second-order valence-corrected chi connectivity index (χ2v) is 4.98. The molecular formula is C15H18O5S. The van der Waals surface area contributed by atoms with Crippen molar-refractivity contribution in [2.75, 3.05) is 32.3 Å². The molecule has 5 nitrogen and oxygen atoms in total. The number of benzene rings is 1. The first-order valence-electron chi connectivity index (χ1n) is 6.29. The average molecular weight is 310 g/mol. The molecule has 114 valence electrons. The molecule has 0 N–H and O–H groups in total. The molecule has 1 rings (SSSR count). The Kier molecular flexibility index (Phi) is 8.04. The van der Waals surface area contributed by atoms with Crippen molar-refractivity contribution in [3.63, 3.8) is 0 Å². The van der Waals surface area contributed by atoms with Crippen molar-refractivity contribution < 1.29 is 23.8 Å². The number of methoxy groups -OCH3 is 2. The first kappa shape index (κ1) is 17.1. The molecule has 0 saturated heterocycles. The second-order valence-electron chi connectivity index (χ2n) is 3.87. The van der Waals surface area contributed by atoms with E-state index in [0.29, 0.717) is 18.1 Å². The fraction of sp³-hybridized carbons (Fsp3) is 0.333. The highest BCUT2D eigenvalue weighted by molar-refractivity contribution is 7.99.